The summed E-state index contributed by atoms with van der Waals surface area (Å²) in [7, 11) is 0. The Morgan fingerprint density at radius 3 is 2.41 bits per heavy atom. The van der Waals surface area contributed by atoms with Gasteiger partial charge in [-0.2, -0.15) is 0 Å². The molecule has 5 heteroatoms. The average Bonchev–Trinajstić information content (AvgIpc) is 2.54. The van der Waals surface area contributed by atoms with Crippen molar-refractivity contribution in [2.75, 3.05) is 18.4 Å². The van der Waals surface area contributed by atoms with Gasteiger partial charge in [0.05, 0.1) is 6.54 Å². The molecule has 2 rings (SSSR count). The standard InChI is InChI=1S/C17H25N3O2/c1-2-18-17(22)13-8-10-14(11-9-13)19-12-16(21)20-15-6-4-3-5-7-15/h8-11,15,19H,2-7,12H2,1H3,(H,18,22)(H,20,21). The van der Waals surface area contributed by atoms with Crippen LogP contribution >= 0.6 is 0 Å². The Morgan fingerprint density at radius 2 is 1.77 bits per heavy atom. The first-order chi connectivity index (χ1) is 10.7. The Bertz CT molecular complexity index is 493. The third-order valence-electron chi connectivity index (χ3n) is 3.91. The highest BCUT2D eigenvalue weighted by molar-refractivity contribution is 5.94. The maximum Gasteiger partial charge on any atom is 0.251 e. The summed E-state index contributed by atoms with van der Waals surface area (Å²) in [6, 6.07) is 7.48. The first-order valence-corrected chi connectivity index (χ1v) is 8.10. The Kier molecular flexibility index (Phi) is 6.25. The molecule has 1 aliphatic rings. The fraction of sp³-hybridized carbons (Fsp3) is 0.529. The SMILES string of the molecule is CCNC(=O)c1ccc(NCC(=O)NC2CCCCC2)cc1. The molecule has 1 saturated carbocycles. The second kappa shape index (κ2) is 8.41. The van der Waals surface area contributed by atoms with Crippen molar-refractivity contribution in [1.82, 2.24) is 10.6 Å². The van der Waals surface area contributed by atoms with Gasteiger partial charge < -0.3 is 16.0 Å². The van der Waals surface area contributed by atoms with Crippen LogP contribution in [-0.4, -0.2) is 30.9 Å². The molecule has 22 heavy (non-hydrogen) atoms. The first-order valence-electron chi connectivity index (χ1n) is 8.10. The number of carbonyl (C=O) groups is 2. The molecule has 1 aliphatic carbocycles. The number of nitrogens with one attached hydrogen (secondary N) is 3. The molecule has 0 spiro atoms. The van der Waals surface area contributed by atoms with Gasteiger partial charge in [-0.25, -0.2) is 0 Å². The van der Waals surface area contributed by atoms with Gasteiger partial charge in [0.2, 0.25) is 5.91 Å². The lowest BCUT2D eigenvalue weighted by Gasteiger charge is -2.22. The van der Waals surface area contributed by atoms with Crippen molar-refractivity contribution in [3.8, 4) is 0 Å². The zero-order valence-electron chi connectivity index (χ0n) is 13.2. The van der Waals surface area contributed by atoms with Gasteiger partial charge in [0.1, 0.15) is 0 Å². The topological polar surface area (TPSA) is 70.2 Å². The summed E-state index contributed by atoms with van der Waals surface area (Å²) in [6.45, 7) is 2.76. The van der Waals surface area contributed by atoms with E-state index in [1.165, 1.54) is 19.3 Å². The summed E-state index contributed by atoms with van der Waals surface area (Å²) in [5.74, 6) is -0.0520. The minimum atomic E-state index is -0.0795. The Labute approximate surface area is 131 Å². The van der Waals surface area contributed by atoms with Gasteiger partial charge in [-0.3, -0.25) is 9.59 Å². The lowest BCUT2D eigenvalue weighted by molar-refractivity contribution is -0.120. The Balaban J connectivity index is 1.76. The smallest absolute Gasteiger partial charge is 0.251 e. The number of rotatable bonds is 6. The summed E-state index contributed by atoms with van der Waals surface area (Å²) < 4.78 is 0. The van der Waals surface area contributed by atoms with E-state index in [0.717, 1.165) is 18.5 Å². The molecule has 0 unspecified atom stereocenters. The van der Waals surface area contributed by atoms with E-state index in [9.17, 15) is 9.59 Å². The second-order valence-electron chi connectivity index (χ2n) is 5.69. The van der Waals surface area contributed by atoms with Gasteiger partial charge in [0, 0.05) is 23.8 Å². The van der Waals surface area contributed by atoms with E-state index in [-0.39, 0.29) is 18.4 Å². The van der Waals surface area contributed by atoms with Crippen molar-refractivity contribution in [2.24, 2.45) is 0 Å². The van der Waals surface area contributed by atoms with Crippen LogP contribution in [-0.2, 0) is 4.79 Å². The molecule has 0 bridgehead atoms. The van der Waals surface area contributed by atoms with Crippen LogP contribution in [0.4, 0.5) is 5.69 Å². The van der Waals surface area contributed by atoms with Crippen molar-refractivity contribution in [3.05, 3.63) is 29.8 Å². The predicted molar refractivity (Wildman–Crippen MR) is 88.0 cm³/mol. The first kappa shape index (κ1) is 16.3. The molecule has 1 aromatic carbocycles. The van der Waals surface area contributed by atoms with Crippen LogP contribution in [0.2, 0.25) is 0 Å². The molecular formula is C17H25N3O2. The third kappa shape index (κ3) is 5.06. The maximum atomic E-state index is 11.9. The minimum Gasteiger partial charge on any atom is -0.376 e. The molecule has 0 radical (unpaired) electrons. The number of carbonyl (C=O) groups excluding carboxylic acids is 2. The van der Waals surface area contributed by atoms with Crippen LogP contribution < -0.4 is 16.0 Å². The number of anilines is 1. The number of hydrogen-bond donors (Lipinski definition) is 3. The summed E-state index contributed by atoms with van der Waals surface area (Å²) in [6.07, 6.45) is 5.88. The van der Waals surface area contributed by atoms with E-state index in [0.29, 0.717) is 18.2 Å². The van der Waals surface area contributed by atoms with Crippen LogP contribution in [0.5, 0.6) is 0 Å². The molecule has 1 fully saturated rings. The van der Waals surface area contributed by atoms with Gasteiger partial charge in [-0.1, -0.05) is 19.3 Å². The van der Waals surface area contributed by atoms with Gasteiger partial charge >= 0.3 is 0 Å². The summed E-state index contributed by atoms with van der Waals surface area (Å²) in [5, 5.41) is 8.91. The minimum absolute atomic E-state index is 0.0275. The van der Waals surface area contributed by atoms with Gasteiger partial charge in [0.25, 0.3) is 5.91 Å². The van der Waals surface area contributed by atoms with Crippen LogP contribution in [0.25, 0.3) is 0 Å². The van der Waals surface area contributed by atoms with Gasteiger partial charge in [0.15, 0.2) is 0 Å². The summed E-state index contributed by atoms with van der Waals surface area (Å²) in [4.78, 5) is 23.6. The molecule has 0 aromatic heterocycles. The molecule has 120 valence electrons. The fourth-order valence-corrected chi connectivity index (χ4v) is 2.71. The number of hydrogen-bond acceptors (Lipinski definition) is 3. The van der Waals surface area contributed by atoms with E-state index in [1.807, 2.05) is 19.1 Å². The second-order valence-corrected chi connectivity index (χ2v) is 5.69. The van der Waals surface area contributed by atoms with Crippen molar-refractivity contribution in [1.29, 1.82) is 0 Å². The molecule has 3 N–H and O–H groups in total. The zero-order valence-corrected chi connectivity index (χ0v) is 13.2. The molecular weight excluding hydrogens is 278 g/mol. The van der Waals surface area contributed by atoms with Crippen molar-refractivity contribution in [2.45, 2.75) is 45.1 Å². The van der Waals surface area contributed by atoms with Crippen LogP contribution in [0.1, 0.15) is 49.4 Å². The van der Waals surface area contributed by atoms with E-state index < -0.39 is 0 Å². The fourth-order valence-electron chi connectivity index (χ4n) is 2.71. The summed E-state index contributed by atoms with van der Waals surface area (Å²) in [5.41, 5.74) is 1.46. The number of benzene rings is 1. The molecule has 0 aliphatic heterocycles. The molecule has 2 amide bonds. The lowest BCUT2D eigenvalue weighted by atomic mass is 9.95. The lowest BCUT2D eigenvalue weighted by Crippen LogP contribution is -2.39. The monoisotopic (exact) mass is 303 g/mol. The van der Waals surface area contributed by atoms with Crippen LogP contribution in [0.15, 0.2) is 24.3 Å². The van der Waals surface area contributed by atoms with Gasteiger partial charge in [-0.15, -0.1) is 0 Å². The highest BCUT2D eigenvalue weighted by Crippen LogP contribution is 2.17. The van der Waals surface area contributed by atoms with E-state index in [1.54, 1.807) is 12.1 Å². The summed E-state index contributed by atoms with van der Waals surface area (Å²) >= 11 is 0. The zero-order chi connectivity index (χ0) is 15.8. The van der Waals surface area contributed by atoms with E-state index >= 15 is 0 Å². The molecule has 1 aromatic rings. The Morgan fingerprint density at radius 1 is 1.09 bits per heavy atom. The van der Waals surface area contributed by atoms with Crippen molar-refractivity contribution >= 4 is 17.5 Å². The highest BCUT2D eigenvalue weighted by atomic mass is 16.2. The quantitative estimate of drug-likeness (QED) is 0.755. The van der Waals surface area contributed by atoms with E-state index in [2.05, 4.69) is 16.0 Å². The maximum absolute atomic E-state index is 11.9. The van der Waals surface area contributed by atoms with Gasteiger partial charge in [-0.05, 0) is 44.0 Å². The average molecular weight is 303 g/mol. The highest BCUT2D eigenvalue weighted by Gasteiger charge is 2.15. The number of amides is 2. The normalized spacial score (nSPS) is 15.1. The molecule has 5 nitrogen and oxygen atoms in total. The van der Waals surface area contributed by atoms with Crippen molar-refractivity contribution in [3.63, 3.8) is 0 Å². The van der Waals surface area contributed by atoms with Crippen LogP contribution in [0.3, 0.4) is 0 Å². The third-order valence-corrected chi connectivity index (χ3v) is 3.91. The van der Waals surface area contributed by atoms with Crippen LogP contribution in [0, 0.1) is 0 Å². The predicted octanol–water partition coefficient (Wildman–Crippen LogP) is 2.30. The Hall–Kier alpha value is -2.04. The molecule has 0 heterocycles. The molecule has 0 atom stereocenters. The van der Waals surface area contributed by atoms with Crippen molar-refractivity contribution < 1.29 is 9.59 Å². The van der Waals surface area contributed by atoms with E-state index in [4.69, 9.17) is 0 Å². The molecule has 0 saturated heterocycles. The largest absolute Gasteiger partial charge is 0.376 e.